The number of hydrogen-bond donors (Lipinski definition) is 1. The van der Waals surface area contributed by atoms with E-state index in [0.29, 0.717) is 23.7 Å². The largest absolute Gasteiger partial charge is 0.492 e. The first-order valence-electron chi connectivity index (χ1n) is 7.93. The third-order valence-corrected chi connectivity index (χ3v) is 4.61. The van der Waals surface area contributed by atoms with Gasteiger partial charge in [0.05, 0.1) is 17.3 Å². The Kier molecular flexibility index (Phi) is 5.43. The van der Waals surface area contributed by atoms with Crippen LogP contribution in [0.4, 0.5) is 5.69 Å². The summed E-state index contributed by atoms with van der Waals surface area (Å²) in [7, 11) is 1.59. The molecule has 0 saturated carbocycles. The highest BCUT2D eigenvalue weighted by molar-refractivity contribution is 14.1. The lowest BCUT2D eigenvalue weighted by molar-refractivity contribution is 0.102. The summed E-state index contributed by atoms with van der Waals surface area (Å²) >= 11 is 2.14. The van der Waals surface area contributed by atoms with E-state index in [1.165, 1.54) is 0 Å². The number of carbonyl (C=O) groups is 1. The van der Waals surface area contributed by atoms with E-state index in [4.69, 9.17) is 9.47 Å². The molecule has 0 aliphatic heterocycles. The Hall–Kier alpha value is -2.28. The fourth-order valence-electron chi connectivity index (χ4n) is 2.69. The summed E-state index contributed by atoms with van der Waals surface area (Å²) in [6.07, 6.45) is 0. The first kappa shape index (κ1) is 17.5. The number of carbonyl (C=O) groups excluding carboxylic acids is 1. The van der Waals surface area contributed by atoms with Crippen LogP contribution in [0.2, 0.25) is 0 Å². The summed E-state index contributed by atoms with van der Waals surface area (Å²) in [4.78, 5) is 12.8. The monoisotopic (exact) mass is 447 g/mol. The zero-order chi connectivity index (χ0) is 17.8. The second kappa shape index (κ2) is 7.74. The molecule has 1 amide bonds. The van der Waals surface area contributed by atoms with Crippen LogP contribution >= 0.6 is 22.6 Å². The molecule has 0 aliphatic carbocycles. The van der Waals surface area contributed by atoms with E-state index >= 15 is 0 Å². The minimum Gasteiger partial charge on any atom is -0.492 e. The number of ether oxygens (including phenoxy) is 2. The third kappa shape index (κ3) is 3.71. The summed E-state index contributed by atoms with van der Waals surface area (Å²) in [5, 5.41) is 5.09. The van der Waals surface area contributed by atoms with Crippen molar-refractivity contribution in [2.24, 2.45) is 0 Å². The maximum atomic E-state index is 12.8. The second-order valence-corrected chi connectivity index (χ2v) is 6.57. The van der Waals surface area contributed by atoms with Crippen LogP contribution in [0.3, 0.4) is 0 Å². The number of rotatable bonds is 5. The lowest BCUT2D eigenvalue weighted by atomic mass is 10.1. The molecule has 0 bridgehead atoms. The minimum absolute atomic E-state index is 0.183. The summed E-state index contributed by atoms with van der Waals surface area (Å²) in [5.74, 6) is 1.03. The summed E-state index contributed by atoms with van der Waals surface area (Å²) in [6.45, 7) is 2.40. The van der Waals surface area contributed by atoms with Gasteiger partial charge < -0.3 is 14.8 Å². The van der Waals surface area contributed by atoms with Crippen LogP contribution in [0.15, 0.2) is 54.6 Å². The summed E-state index contributed by atoms with van der Waals surface area (Å²) < 4.78 is 11.8. The average molecular weight is 447 g/mol. The Morgan fingerprint density at radius 3 is 2.64 bits per heavy atom. The van der Waals surface area contributed by atoms with Crippen LogP contribution in [-0.2, 0) is 0 Å². The van der Waals surface area contributed by atoms with E-state index in [2.05, 4.69) is 27.9 Å². The van der Waals surface area contributed by atoms with Crippen molar-refractivity contribution in [3.63, 3.8) is 0 Å². The van der Waals surface area contributed by atoms with Crippen molar-refractivity contribution in [2.45, 2.75) is 6.92 Å². The van der Waals surface area contributed by atoms with Crippen molar-refractivity contribution < 1.29 is 14.3 Å². The lowest BCUT2D eigenvalue weighted by Crippen LogP contribution is -2.13. The molecule has 0 unspecified atom stereocenters. The lowest BCUT2D eigenvalue weighted by Gasteiger charge is -2.14. The first-order chi connectivity index (χ1) is 12.1. The normalized spacial score (nSPS) is 10.5. The van der Waals surface area contributed by atoms with Crippen molar-refractivity contribution in [1.82, 2.24) is 0 Å². The van der Waals surface area contributed by atoms with E-state index in [1.807, 2.05) is 49.4 Å². The summed E-state index contributed by atoms with van der Waals surface area (Å²) in [6, 6.07) is 17.3. The highest BCUT2D eigenvalue weighted by Gasteiger charge is 2.16. The average Bonchev–Trinajstić information content (AvgIpc) is 2.62. The van der Waals surface area contributed by atoms with Gasteiger partial charge in [0, 0.05) is 16.6 Å². The Balaban J connectivity index is 1.95. The molecular formula is C20H18INO3. The molecule has 4 nitrogen and oxygen atoms in total. The maximum Gasteiger partial charge on any atom is 0.255 e. The van der Waals surface area contributed by atoms with Gasteiger partial charge in [-0.05, 0) is 53.1 Å². The smallest absolute Gasteiger partial charge is 0.255 e. The molecule has 0 heterocycles. The van der Waals surface area contributed by atoms with Gasteiger partial charge in [-0.25, -0.2) is 0 Å². The molecule has 1 N–H and O–H groups in total. The van der Waals surface area contributed by atoms with Gasteiger partial charge in [-0.3, -0.25) is 4.79 Å². The number of halogens is 1. The van der Waals surface area contributed by atoms with E-state index in [1.54, 1.807) is 19.2 Å². The van der Waals surface area contributed by atoms with Gasteiger partial charge in [0.1, 0.15) is 0 Å². The van der Waals surface area contributed by atoms with Crippen LogP contribution < -0.4 is 14.8 Å². The molecule has 0 fully saturated rings. The molecule has 0 spiro atoms. The third-order valence-electron chi connectivity index (χ3n) is 3.81. The van der Waals surface area contributed by atoms with Gasteiger partial charge in [0.25, 0.3) is 5.91 Å². The zero-order valence-electron chi connectivity index (χ0n) is 14.0. The molecule has 0 radical (unpaired) electrons. The molecule has 3 aromatic rings. The zero-order valence-corrected chi connectivity index (χ0v) is 16.2. The van der Waals surface area contributed by atoms with E-state index in [0.717, 1.165) is 20.0 Å². The van der Waals surface area contributed by atoms with Gasteiger partial charge >= 0.3 is 0 Å². The SMILES string of the molecule is CCOc1cc(C(=O)Nc2cccc3ccccc23)cc(I)c1OC. The molecular weight excluding hydrogens is 429 g/mol. The molecule has 5 heteroatoms. The van der Waals surface area contributed by atoms with Crippen molar-refractivity contribution in [3.05, 3.63) is 63.7 Å². The fraction of sp³-hybridized carbons (Fsp3) is 0.150. The van der Waals surface area contributed by atoms with Crippen LogP contribution in [-0.4, -0.2) is 19.6 Å². The standard InChI is InChI=1S/C20H18INO3/c1-3-25-18-12-14(11-16(21)19(18)24-2)20(23)22-17-10-6-8-13-7-4-5-9-15(13)17/h4-12H,3H2,1-2H3,(H,22,23). The van der Waals surface area contributed by atoms with Crippen molar-refractivity contribution in [3.8, 4) is 11.5 Å². The molecule has 0 aromatic heterocycles. The molecule has 3 rings (SSSR count). The first-order valence-corrected chi connectivity index (χ1v) is 9.01. The van der Waals surface area contributed by atoms with Crippen LogP contribution in [0, 0.1) is 3.57 Å². The molecule has 25 heavy (non-hydrogen) atoms. The molecule has 0 saturated heterocycles. The molecule has 3 aromatic carbocycles. The maximum absolute atomic E-state index is 12.8. The van der Waals surface area contributed by atoms with Crippen molar-refractivity contribution in [1.29, 1.82) is 0 Å². The van der Waals surface area contributed by atoms with Crippen LogP contribution in [0.1, 0.15) is 17.3 Å². The number of methoxy groups -OCH3 is 1. The molecule has 0 aliphatic rings. The fourth-order valence-corrected chi connectivity index (χ4v) is 3.51. The Labute approximate surface area is 160 Å². The Morgan fingerprint density at radius 2 is 1.88 bits per heavy atom. The van der Waals surface area contributed by atoms with Crippen LogP contribution in [0.5, 0.6) is 11.5 Å². The molecule has 128 valence electrons. The number of anilines is 1. The highest BCUT2D eigenvalue weighted by Crippen LogP contribution is 2.34. The Bertz CT molecular complexity index is 919. The van der Waals surface area contributed by atoms with Gasteiger partial charge in [0.2, 0.25) is 0 Å². The predicted octanol–water partition coefficient (Wildman–Crippen LogP) is 5.10. The quantitative estimate of drug-likeness (QED) is 0.554. The summed E-state index contributed by atoms with van der Waals surface area (Å²) in [5.41, 5.74) is 1.31. The van der Waals surface area contributed by atoms with E-state index in [9.17, 15) is 4.79 Å². The van der Waals surface area contributed by atoms with Gasteiger partial charge in [-0.2, -0.15) is 0 Å². The van der Waals surface area contributed by atoms with Crippen molar-refractivity contribution >= 4 is 45.0 Å². The molecule has 0 atom stereocenters. The van der Waals surface area contributed by atoms with Crippen LogP contribution in [0.25, 0.3) is 10.8 Å². The number of nitrogens with one attached hydrogen (secondary N) is 1. The highest BCUT2D eigenvalue weighted by atomic mass is 127. The van der Waals surface area contributed by atoms with Gasteiger partial charge in [-0.15, -0.1) is 0 Å². The number of amides is 1. The minimum atomic E-state index is -0.183. The predicted molar refractivity (Wildman–Crippen MR) is 109 cm³/mol. The van der Waals surface area contributed by atoms with Gasteiger partial charge in [0.15, 0.2) is 11.5 Å². The second-order valence-electron chi connectivity index (χ2n) is 5.40. The topological polar surface area (TPSA) is 47.6 Å². The van der Waals surface area contributed by atoms with Gasteiger partial charge in [-0.1, -0.05) is 36.4 Å². The van der Waals surface area contributed by atoms with E-state index < -0.39 is 0 Å². The number of fused-ring (bicyclic) bond motifs is 1. The number of hydrogen-bond acceptors (Lipinski definition) is 3. The number of benzene rings is 3. The van der Waals surface area contributed by atoms with E-state index in [-0.39, 0.29) is 5.91 Å². The Morgan fingerprint density at radius 1 is 1.12 bits per heavy atom. The van der Waals surface area contributed by atoms with Crippen molar-refractivity contribution in [2.75, 3.05) is 19.0 Å².